The van der Waals surface area contributed by atoms with Crippen LogP contribution in [0.4, 0.5) is 0 Å². The van der Waals surface area contributed by atoms with Crippen LogP contribution in [0.5, 0.6) is 5.75 Å². The number of alkyl halides is 1. The minimum absolute atomic E-state index is 0.791. The molecule has 0 saturated carbocycles. The van der Waals surface area contributed by atoms with Crippen LogP contribution >= 0.6 is 27.7 Å². The van der Waals surface area contributed by atoms with Gasteiger partial charge in [0.05, 0.1) is 6.61 Å². The number of benzene rings is 2. The van der Waals surface area contributed by atoms with E-state index in [1.807, 2.05) is 11.8 Å². The van der Waals surface area contributed by atoms with Gasteiger partial charge in [0.15, 0.2) is 0 Å². The molecule has 3 heteroatoms. The molecule has 0 aliphatic rings. The summed E-state index contributed by atoms with van der Waals surface area (Å²) in [5.41, 5.74) is 1.25. The number of halogens is 1. The standard InChI is InChI=1S/C15H17BrOS/c1-18-10-4-9-17-15-8-7-12-5-2-3-6-13(12)14(15)11-16/h2-3,5-8H,4,9-11H2,1H3. The second kappa shape index (κ2) is 7.05. The number of ether oxygens (including phenoxy) is 1. The molecule has 0 saturated heterocycles. The summed E-state index contributed by atoms with van der Waals surface area (Å²) in [7, 11) is 0. The fraction of sp³-hybridized carbons (Fsp3) is 0.333. The highest BCUT2D eigenvalue weighted by atomic mass is 79.9. The molecule has 0 bridgehead atoms. The van der Waals surface area contributed by atoms with Gasteiger partial charge in [-0.3, -0.25) is 0 Å². The van der Waals surface area contributed by atoms with E-state index in [-0.39, 0.29) is 0 Å². The number of fused-ring (bicyclic) bond motifs is 1. The van der Waals surface area contributed by atoms with Gasteiger partial charge in [0, 0.05) is 10.9 Å². The molecule has 0 atom stereocenters. The third kappa shape index (κ3) is 3.21. The maximum Gasteiger partial charge on any atom is 0.123 e. The van der Waals surface area contributed by atoms with Gasteiger partial charge in [0.2, 0.25) is 0 Å². The number of hydrogen-bond donors (Lipinski definition) is 0. The van der Waals surface area contributed by atoms with Crippen molar-refractivity contribution in [3.05, 3.63) is 42.0 Å². The Morgan fingerprint density at radius 2 is 2.00 bits per heavy atom. The van der Waals surface area contributed by atoms with Gasteiger partial charge in [0.25, 0.3) is 0 Å². The molecule has 0 spiro atoms. The van der Waals surface area contributed by atoms with Crippen molar-refractivity contribution in [2.75, 3.05) is 18.6 Å². The first-order chi connectivity index (χ1) is 8.86. The molecule has 0 amide bonds. The van der Waals surface area contributed by atoms with Gasteiger partial charge in [0.1, 0.15) is 5.75 Å². The monoisotopic (exact) mass is 324 g/mol. The van der Waals surface area contributed by atoms with Crippen molar-refractivity contribution in [1.82, 2.24) is 0 Å². The van der Waals surface area contributed by atoms with Gasteiger partial charge in [-0.25, -0.2) is 0 Å². The molecule has 0 fully saturated rings. The van der Waals surface area contributed by atoms with E-state index >= 15 is 0 Å². The molecule has 0 radical (unpaired) electrons. The van der Waals surface area contributed by atoms with Gasteiger partial charge in [-0.2, -0.15) is 11.8 Å². The van der Waals surface area contributed by atoms with Gasteiger partial charge in [-0.05, 0) is 35.3 Å². The van der Waals surface area contributed by atoms with Gasteiger partial charge >= 0.3 is 0 Å². The van der Waals surface area contributed by atoms with Crippen LogP contribution in [0.1, 0.15) is 12.0 Å². The summed E-state index contributed by atoms with van der Waals surface area (Å²) >= 11 is 5.43. The zero-order chi connectivity index (χ0) is 12.8. The number of rotatable bonds is 6. The maximum absolute atomic E-state index is 5.89. The van der Waals surface area contributed by atoms with Crippen molar-refractivity contribution >= 4 is 38.5 Å². The summed E-state index contributed by atoms with van der Waals surface area (Å²) in [5.74, 6) is 2.16. The van der Waals surface area contributed by atoms with E-state index in [4.69, 9.17) is 4.74 Å². The van der Waals surface area contributed by atoms with Crippen molar-refractivity contribution in [2.45, 2.75) is 11.8 Å². The van der Waals surface area contributed by atoms with Crippen molar-refractivity contribution < 1.29 is 4.74 Å². The summed E-state index contributed by atoms with van der Waals surface area (Å²) in [6.45, 7) is 0.791. The molecule has 96 valence electrons. The van der Waals surface area contributed by atoms with Gasteiger partial charge in [-0.15, -0.1) is 0 Å². The molecule has 0 aromatic heterocycles. The lowest BCUT2D eigenvalue weighted by molar-refractivity contribution is 0.317. The average molecular weight is 325 g/mol. The third-order valence-corrected chi connectivity index (χ3v) is 4.14. The zero-order valence-corrected chi connectivity index (χ0v) is 12.9. The lowest BCUT2D eigenvalue weighted by atomic mass is 10.0. The Bertz CT molecular complexity index is 513. The molecular formula is C15H17BrOS. The predicted molar refractivity (Wildman–Crippen MR) is 85.1 cm³/mol. The van der Waals surface area contributed by atoms with Crippen LogP contribution in [0.2, 0.25) is 0 Å². The first-order valence-corrected chi connectivity index (χ1v) is 8.56. The minimum Gasteiger partial charge on any atom is -0.493 e. The Hall–Kier alpha value is -0.670. The van der Waals surface area contributed by atoms with E-state index in [9.17, 15) is 0 Å². The van der Waals surface area contributed by atoms with Crippen LogP contribution < -0.4 is 4.74 Å². The second-order valence-corrected chi connectivity index (χ2v) is 5.64. The topological polar surface area (TPSA) is 9.23 Å². The smallest absolute Gasteiger partial charge is 0.123 e. The number of thioether (sulfide) groups is 1. The molecule has 0 aliphatic carbocycles. The summed E-state index contributed by atoms with van der Waals surface area (Å²) in [4.78, 5) is 0. The number of hydrogen-bond acceptors (Lipinski definition) is 2. The van der Waals surface area contributed by atoms with Crippen LogP contribution in [0.3, 0.4) is 0 Å². The molecule has 18 heavy (non-hydrogen) atoms. The van der Waals surface area contributed by atoms with E-state index < -0.39 is 0 Å². The first-order valence-electron chi connectivity index (χ1n) is 6.05. The fourth-order valence-corrected chi connectivity index (χ4v) is 2.96. The summed E-state index contributed by atoms with van der Waals surface area (Å²) in [5, 5.41) is 3.37. The quantitative estimate of drug-likeness (QED) is 0.554. The molecule has 2 rings (SSSR count). The first kappa shape index (κ1) is 13.8. The summed E-state index contributed by atoms with van der Waals surface area (Å²) < 4.78 is 5.89. The van der Waals surface area contributed by atoms with E-state index in [2.05, 4.69) is 58.6 Å². The normalized spacial score (nSPS) is 10.8. The van der Waals surface area contributed by atoms with Gasteiger partial charge in [-0.1, -0.05) is 46.3 Å². The van der Waals surface area contributed by atoms with Gasteiger partial charge < -0.3 is 4.74 Å². The molecule has 0 aliphatic heterocycles. The Balaban J connectivity index is 2.22. The van der Waals surface area contributed by atoms with Crippen molar-refractivity contribution in [3.63, 3.8) is 0 Å². The fourth-order valence-electron chi connectivity index (χ4n) is 1.97. The molecule has 0 unspecified atom stereocenters. The molecule has 2 aromatic rings. The third-order valence-electron chi connectivity index (χ3n) is 2.88. The van der Waals surface area contributed by atoms with Crippen LogP contribution in [0.15, 0.2) is 36.4 Å². The van der Waals surface area contributed by atoms with E-state index in [1.165, 1.54) is 16.3 Å². The summed E-state index contributed by atoms with van der Waals surface area (Å²) in [6, 6.07) is 12.6. The minimum atomic E-state index is 0.791. The Morgan fingerprint density at radius 3 is 2.78 bits per heavy atom. The molecule has 2 aromatic carbocycles. The zero-order valence-electron chi connectivity index (χ0n) is 10.5. The molecule has 1 nitrogen and oxygen atoms in total. The second-order valence-electron chi connectivity index (χ2n) is 4.09. The predicted octanol–water partition coefficient (Wildman–Crippen LogP) is 4.87. The maximum atomic E-state index is 5.89. The molecular weight excluding hydrogens is 308 g/mol. The van der Waals surface area contributed by atoms with Crippen LogP contribution in [-0.4, -0.2) is 18.6 Å². The highest BCUT2D eigenvalue weighted by molar-refractivity contribution is 9.08. The Labute approximate surface area is 121 Å². The lowest BCUT2D eigenvalue weighted by Gasteiger charge is -2.12. The van der Waals surface area contributed by atoms with E-state index in [0.717, 1.165) is 29.9 Å². The van der Waals surface area contributed by atoms with Crippen LogP contribution in [0.25, 0.3) is 10.8 Å². The Kier molecular flexibility index (Phi) is 5.39. The van der Waals surface area contributed by atoms with Crippen molar-refractivity contribution in [2.24, 2.45) is 0 Å². The molecule has 0 N–H and O–H groups in total. The lowest BCUT2D eigenvalue weighted by Crippen LogP contribution is -2.01. The highest BCUT2D eigenvalue weighted by Gasteiger charge is 2.07. The van der Waals surface area contributed by atoms with Crippen molar-refractivity contribution in [1.29, 1.82) is 0 Å². The molecule has 0 heterocycles. The highest BCUT2D eigenvalue weighted by Crippen LogP contribution is 2.30. The van der Waals surface area contributed by atoms with Crippen molar-refractivity contribution in [3.8, 4) is 5.75 Å². The largest absolute Gasteiger partial charge is 0.493 e. The SMILES string of the molecule is CSCCCOc1ccc2ccccc2c1CBr. The Morgan fingerprint density at radius 1 is 1.17 bits per heavy atom. The van der Waals surface area contributed by atoms with E-state index in [0.29, 0.717) is 0 Å². The summed E-state index contributed by atoms with van der Waals surface area (Å²) in [6.07, 6.45) is 3.22. The average Bonchev–Trinajstić information content (AvgIpc) is 2.43. The van der Waals surface area contributed by atoms with Crippen LogP contribution in [-0.2, 0) is 5.33 Å². The van der Waals surface area contributed by atoms with E-state index in [1.54, 1.807) is 0 Å². The van der Waals surface area contributed by atoms with Crippen LogP contribution in [0, 0.1) is 0 Å².